The Labute approximate surface area is 188 Å². The number of rotatable bonds is 4. The van der Waals surface area contributed by atoms with Crippen molar-refractivity contribution in [2.45, 2.75) is 19.5 Å². The second kappa shape index (κ2) is 9.33. The number of anilines is 3. The fourth-order valence-corrected chi connectivity index (χ4v) is 3.63. The molecule has 2 N–H and O–H groups in total. The maximum absolute atomic E-state index is 13.0. The Bertz CT molecular complexity index is 1040. The Morgan fingerprint density at radius 1 is 1.19 bits per heavy atom. The molecular weight excluding hydrogens is 445 g/mol. The minimum Gasteiger partial charge on any atom is -0.378 e. The Morgan fingerprint density at radius 3 is 2.69 bits per heavy atom. The van der Waals surface area contributed by atoms with E-state index >= 15 is 0 Å². The van der Waals surface area contributed by atoms with Gasteiger partial charge < -0.3 is 20.3 Å². The van der Waals surface area contributed by atoms with Crippen molar-refractivity contribution in [3.63, 3.8) is 0 Å². The van der Waals surface area contributed by atoms with Gasteiger partial charge in [-0.3, -0.25) is 0 Å². The molecule has 0 spiro atoms. The van der Waals surface area contributed by atoms with Crippen molar-refractivity contribution in [1.82, 2.24) is 14.9 Å². The topological polar surface area (TPSA) is 74.7 Å². The molecule has 2 aromatic rings. The van der Waals surface area contributed by atoms with Crippen LogP contribution in [0, 0.1) is 5.92 Å². The van der Waals surface area contributed by atoms with Crippen LogP contribution in [0.1, 0.15) is 18.9 Å². The highest BCUT2D eigenvalue weighted by Crippen LogP contribution is 2.32. The molecule has 0 bridgehead atoms. The summed E-state index contributed by atoms with van der Waals surface area (Å²) >= 11 is 6.16. The lowest BCUT2D eigenvalue weighted by Crippen LogP contribution is -2.38. The molecule has 2 aliphatic rings. The summed E-state index contributed by atoms with van der Waals surface area (Å²) in [5, 5.41) is 6.12. The zero-order valence-electron chi connectivity index (χ0n) is 17.3. The molecule has 0 radical (unpaired) electrons. The quantitative estimate of drug-likeness (QED) is 0.666. The lowest BCUT2D eigenvalue weighted by atomic mass is 10.0. The second-order valence-electron chi connectivity index (χ2n) is 7.56. The lowest BCUT2D eigenvalue weighted by molar-refractivity contribution is -0.137. The second-order valence-corrected chi connectivity index (χ2v) is 7.97. The monoisotopic (exact) mass is 466 g/mol. The highest BCUT2D eigenvalue weighted by atomic mass is 35.5. The van der Waals surface area contributed by atoms with Crippen LogP contribution in [0.25, 0.3) is 0 Å². The van der Waals surface area contributed by atoms with E-state index in [1.54, 1.807) is 0 Å². The van der Waals surface area contributed by atoms with Crippen molar-refractivity contribution >= 4 is 34.9 Å². The third-order valence-electron chi connectivity index (χ3n) is 5.19. The van der Waals surface area contributed by atoms with Gasteiger partial charge in [0.2, 0.25) is 5.95 Å². The summed E-state index contributed by atoms with van der Waals surface area (Å²) < 4.78 is 44.3. The molecule has 32 heavy (non-hydrogen) atoms. The molecule has 3 heterocycles. The van der Waals surface area contributed by atoms with Crippen LogP contribution in [0.3, 0.4) is 0 Å². The molecular formula is C21H22ClF3N6O. The van der Waals surface area contributed by atoms with E-state index in [-0.39, 0.29) is 28.4 Å². The van der Waals surface area contributed by atoms with Gasteiger partial charge in [-0.1, -0.05) is 24.6 Å². The van der Waals surface area contributed by atoms with Gasteiger partial charge >= 0.3 is 6.18 Å². The average molecular weight is 467 g/mol. The van der Waals surface area contributed by atoms with E-state index in [2.05, 4.69) is 37.4 Å². The molecule has 2 aliphatic heterocycles. The van der Waals surface area contributed by atoms with Gasteiger partial charge in [0.15, 0.2) is 5.82 Å². The van der Waals surface area contributed by atoms with E-state index in [0.29, 0.717) is 19.0 Å². The van der Waals surface area contributed by atoms with E-state index in [4.69, 9.17) is 16.3 Å². The van der Waals surface area contributed by atoms with Crippen molar-refractivity contribution in [2.24, 2.45) is 10.9 Å². The fourth-order valence-electron chi connectivity index (χ4n) is 3.49. The van der Waals surface area contributed by atoms with Gasteiger partial charge in [-0.2, -0.15) is 18.2 Å². The Kier molecular flexibility index (Phi) is 6.52. The van der Waals surface area contributed by atoms with Crippen LogP contribution >= 0.6 is 11.6 Å². The molecule has 1 fully saturated rings. The number of aliphatic imine (C=N–C) groups is 1. The number of benzene rings is 1. The predicted octanol–water partition coefficient (Wildman–Crippen LogP) is 4.92. The molecule has 0 amide bonds. The fraction of sp³-hybridized carbons (Fsp3) is 0.381. The predicted molar refractivity (Wildman–Crippen MR) is 117 cm³/mol. The molecule has 0 unspecified atom stereocenters. The maximum Gasteiger partial charge on any atom is 0.416 e. The van der Waals surface area contributed by atoms with Crippen molar-refractivity contribution in [2.75, 3.05) is 36.9 Å². The first-order chi connectivity index (χ1) is 15.3. The van der Waals surface area contributed by atoms with Gasteiger partial charge in [-0.25, -0.2) is 9.98 Å². The van der Waals surface area contributed by atoms with Crippen LogP contribution in [0.5, 0.6) is 0 Å². The number of allylic oxidation sites excluding steroid dienone is 1. The number of hydrogen-bond acceptors (Lipinski definition) is 7. The molecule has 1 aromatic carbocycles. The zero-order chi connectivity index (χ0) is 22.7. The summed E-state index contributed by atoms with van der Waals surface area (Å²) in [5.41, 5.74) is 0.613. The number of halogens is 4. The maximum atomic E-state index is 13.0. The van der Waals surface area contributed by atoms with Gasteiger partial charge in [-0.15, -0.1) is 0 Å². The Morgan fingerprint density at radius 2 is 1.97 bits per heavy atom. The van der Waals surface area contributed by atoms with Crippen LogP contribution < -0.4 is 10.6 Å². The molecule has 1 saturated heterocycles. The van der Waals surface area contributed by atoms with Crippen LogP contribution in [-0.4, -0.2) is 47.0 Å². The van der Waals surface area contributed by atoms with Crippen molar-refractivity contribution in [3.05, 3.63) is 52.9 Å². The van der Waals surface area contributed by atoms with Crippen molar-refractivity contribution < 1.29 is 17.9 Å². The van der Waals surface area contributed by atoms with Gasteiger partial charge in [0, 0.05) is 36.6 Å². The first kappa shape index (κ1) is 22.3. The number of aromatic nitrogens is 2. The highest BCUT2D eigenvalue weighted by Gasteiger charge is 2.30. The molecule has 1 aromatic heterocycles. The number of nitrogens with zero attached hydrogens (tertiary/aromatic N) is 4. The number of alkyl halides is 3. The van der Waals surface area contributed by atoms with Gasteiger partial charge in [0.25, 0.3) is 0 Å². The minimum atomic E-state index is -4.44. The van der Waals surface area contributed by atoms with E-state index < -0.39 is 11.7 Å². The van der Waals surface area contributed by atoms with Crippen LogP contribution in [0.2, 0.25) is 5.02 Å². The third-order valence-corrected chi connectivity index (χ3v) is 5.47. The van der Waals surface area contributed by atoms with E-state index in [1.807, 2.05) is 6.20 Å². The minimum absolute atomic E-state index is 0.108. The number of hydrogen-bond donors (Lipinski definition) is 2. The summed E-state index contributed by atoms with van der Waals surface area (Å²) in [7, 11) is 0. The molecule has 1 atom stereocenters. The lowest BCUT2D eigenvalue weighted by Gasteiger charge is -2.33. The largest absolute Gasteiger partial charge is 0.416 e. The summed E-state index contributed by atoms with van der Waals surface area (Å²) in [6.07, 6.45) is -0.404. The number of morpholine rings is 1. The Hall–Kier alpha value is -2.85. The number of ether oxygens (including phenoxy) is 1. The first-order valence-corrected chi connectivity index (χ1v) is 10.5. The van der Waals surface area contributed by atoms with Gasteiger partial charge in [0.1, 0.15) is 10.9 Å². The smallest absolute Gasteiger partial charge is 0.378 e. The van der Waals surface area contributed by atoms with Gasteiger partial charge in [-0.05, 0) is 24.6 Å². The summed E-state index contributed by atoms with van der Waals surface area (Å²) in [4.78, 5) is 15.3. The van der Waals surface area contributed by atoms with Crippen LogP contribution in [0.15, 0.2) is 47.4 Å². The van der Waals surface area contributed by atoms with E-state index in [1.165, 1.54) is 18.3 Å². The summed E-state index contributed by atoms with van der Waals surface area (Å²) in [6.45, 7) is 5.17. The number of amidine groups is 1. The summed E-state index contributed by atoms with van der Waals surface area (Å²) in [6, 6.07) is 4.82. The molecule has 170 valence electrons. The first-order valence-electron chi connectivity index (χ1n) is 10.1. The zero-order valence-corrected chi connectivity index (χ0v) is 18.0. The summed E-state index contributed by atoms with van der Waals surface area (Å²) in [5.74, 6) is 1.25. The standard InChI is InChI=1S/C21H22ClF3N6O/c1-13-9-16(31-5-7-32-8-6-31)11-26-18(13)29-20-27-12-17(22)19(30-20)28-15-4-2-3-14(10-15)21(23,24)25/h2-4,10-13H,5-9H2,1H3,(H2,26,27,28,29,30)/t13-/m1/s1. The van der Waals surface area contributed by atoms with E-state index in [9.17, 15) is 13.2 Å². The molecule has 0 saturated carbocycles. The molecule has 7 nitrogen and oxygen atoms in total. The van der Waals surface area contributed by atoms with Crippen molar-refractivity contribution in [3.8, 4) is 0 Å². The molecule has 11 heteroatoms. The highest BCUT2D eigenvalue weighted by molar-refractivity contribution is 6.32. The molecule has 0 aliphatic carbocycles. The van der Waals surface area contributed by atoms with Gasteiger partial charge in [0.05, 0.1) is 25.0 Å². The van der Waals surface area contributed by atoms with Crippen molar-refractivity contribution in [1.29, 1.82) is 0 Å². The molecule has 4 rings (SSSR count). The van der Waals surface area contributed by atoms with Crippen LogP contribution in [0.4, 0.5) is 30.6 Å². The average Bonchev–Trinajstić information content (AvgIpc) is 2.77. The Balaban J connectivity index is 1.49. The third kappa shape index (κ3) is 5.31. The SMILES string of the molecule is C[C@@H]1CC(N2CCOCC2)=CN=C1Nc1ncc(Cl)c(Nc2cccc(C(F)(F)F)c2)n1. The van der Waals surface area contributed by atoms with E-state index in [0.717, 1.165) is 37.3 Å². The van der Waals surface area contributed by atoms with Crippen LogP contribution in [-0.2, 0) is 10.9 Å². The normalized spacial score (nSPS) is 19.3. The number of nitrogens with one attached hydrogen (secondary N) is 2.